The number of hydrogen-bond acceptors (Lipinski definition) is 2. The molecular weight excluding hydrogens is 304 g/mol. The number of hydrogen-bond donors (Lipinski definition) is 2. The maximum Gasteiger partial charge on any atom is 0.328 e. The maximum atomic E-state index is 10.4. The second-order valence-corrected chi connectivity index (χ2v) is 6.30. The van der Waals surface area contributed by atoms with E-state index in [0.717, 1.165) is 25.3 Å². The van der Waals surface area contributed by atoms with Gasteiger partial charge < -0.3 is 10.2 Å². The fourth-order valence-electron chi connectivity index (χ4n) is 2.62. The van der Waals surface area contributed by atoms with Crippen LogP contribution >= 0.6 is 0 Å². The van der Waals surface area contributed by atoms with Gasteiger partial charge in [0.2, 0.25) is 0 Å². The molecule has 4 heteroatoms. The van der Waals surface area contributed by atoms with E-state index in [0.29, 0.717) is 6.42 Å². The van der Waals surface area contributed by atoms with Crippen molar-refractivity contribution in [1.29, 1.82) is 0 Å². The standard InChI is InChI=1S/C20H34O4/c21-19(22)17-15-13-11-9-7-5-3-1-2-4-6-8-10-12-14-16-18-20(23)24/h11,13,15,17H,1-10,12,14,16,18H2,(H,21,22)(H,23,24). The fraction of sp³-hybridized carbons (Fsp3) is 0.700. The van der Waals surface area contributed by atoms with Crippen LogP contribution in [0.25, 0.3) is 0 Å². The van der Waals surface area contributed by atoms with Crippen molar-refractivity contribution in [2.75, 3.05) is 0 Å². The van der Waals surface area contributed by atoms with Crippen molar-refractivity contribution in [1.82, 2.24) is 0 Å². The Kier molecular flexibility index (Phi) is 16.6. The summed E-state index contributed by atoms with van der Waals surface area (Å²) in [5.74, 6) is -1.58. The Bertz CT molecular complexity index is 372. The van der Waals surface area contributed by atoms with Gasteiger partial charge in [0.1, 0.15) is 0 Å². The molecule has 0 fully saturated rings. The number of allylic oxidation sites excluding steroid dienone is 3. The van der Waals surface area contributed by atoms with Gasteiger partial charge in [-0.25, -0.2) is 4.79 Å². The van der Waals surface area contributed by atoms with Crippen LogP contribution in [0.5, 0.6) is 0 Å². The first-order valence-corrected chi connectivity index (χ1v) is 9.41. The average molecular weight is 338 g/mol. The molecule has 0 aromatic heterocycles. The van der Waals surface area contributed by atoms with Crippen LogP contribution in [0, 0.1) is 0 Å². The third kappa shape index (κ3) is 20.4. The minimum atomic E-state index is -0.905. The van der Waals surface area contributed by atoms with Gasteiger partial charge in [0.15, 0.2) is 0 Å². The molecule has 0 saturated heterocycles. The lowest BCUT2D eigenvalue weighted by molar-refractivity contribution is -0.137. The molecule has 0 bridgehead atoms. The summed E-state index contributed by atoms with van der Waals surface area (Å²) in [6.07, 6.45) is 22.4. The van der Waals surface area contributed by atoms with Crippen LogP contribution in [0.3, 0.4) is 0 Å². The Labute approximate surface area is 146 Å². The van der Waals surface area contributed by atoms with E-state index >= 15 is 0 Å². The van der Waals surface area contributed by atoms with E-state index in [2.05, 4.69) is 0 Å². The third-order valence-electron chi connectivity index (χ3n) is 4.00. The summed E-state index contributed by atoms with van der Waals surface area (Å²) in [5, 5.41) is 16.9. The maximum absolute atomic E-state index is 10.4. The molecule has 0 aromatic rings. The molecule has 24 heavy (non-hydrogen) atoms. The molecule has 138 valence electrons. The lowest BCUT2D eigenvalue weighted by Crippen LogP contribution is -1.93. The van der Waals surface area contributed by atoms with Gasteiger partial charge in [-0.15, -0.1) is 0 Å². The number of carboxylic acid groups (broad SMARTS) is 2. The van der Waals surface area contributed by atoms with Crippen molar-refractivity contribution < 1.29 is 19.8 Å². The first-order chi connectivity index (χ1) is 11.6. The van der Waals surface area contributed by atoms with Gasteiger partial charge in [0.25, 0.3) is 0 Å². The van der Waals surface area contributed by atoms with Crippen LogP contribution in [0.2, 0.25) is 0 Å². The second-order valence-electron chi connectivity index (χ2n) is 6.30. The molecule has 0 atom stereocenters. The zero-order valence-corrected chi connectivity index (χ0v) is 14.9. The number of unbranched alkanes of at least 4 members (excludes halogenated alkanes) is 12. The number of aliphatic carboxylic acids is 2. The molecule has 4 nitrogen and oxygen atoms in total. The molecule has 0 spiro atoms. The quantitative estimate of drug-likeness (QED) is 0.202. The molecule has 0 rings (SSSR count). The highest BCUT2D eigenvalue weighted by molar-refractivity contribution is 5.80. The monoisotopic (exact) mass is 338 g/mol. The van der Waals surface area contributed by atoms with Gasteiger partial charge >= 0.3 is 11.9 Å². The van der Waals surface area contributed by atoms with E-state index in [9.17, 15) is 9.59 Å². The first kappa shape index (κ1) is 22.4. The Balaban J connectivity index is 3.12. The van der Waals surface area contributed by atoms with Crippen LogP contribution in [-0.4, -0.2) is 22.2 Å². The Morgan fingerprint density at radius 1 is 0.625 bits per heavy atom. The average Bonchev–Trinajstić information content (AvgIpc) is 2.53. The zero-order chi connectivity index (χ0) is 17.9. The van der Waals surface area contributed by atoms with E-state index in [1.54, 1.807) is 12.2 Å². The predicted octanol–water partition coefficient (Wildman–Crippen LogP) is 5.73. The summed E-state index contributed by atoms with van der Waals surface area (Å²) < 4.78 is 0. The largest absolute Gasteiger partial charge is 0.481 e. The van der Waals surface area contributed by atoms with Crippen LogP contribution in [-0.2, 0) is 9.59 Å². The molecule has 0 saturated carbocycles. The van der Waals surface area contributed by atoms with Crippen molar-refractivity contribution in [3.8, 4) is 0 Å². The molecule has 0 aromatic carbocycles. The van der Waals surface area contributed by atoms with Crippen LogP contribution in [0.15, 0.2) is 24.3 Å². The summed E-state index contributed by atoms with van der Waals surface area (Å²) in [6, 6.07) is 0. The van der Waals surface area contributed by atoms with Crippen LogP contribution < -0.4 is 0 Å². The summed E-state index contributed by atoms with van der Waals surface area (Å²) >= 11 is 0. The fourth-order valence-corrected chi connectivity index (χ4v) is 2.62. The summed E-state index contributed by atoms with van der Waals surface area (Å²) in [6.45, 7) is 0. The molecule has 0 amide bonds. The van der Waals surface area contributed by atoms with E-state index in [4.69, 9.17) is 10.2 Å². The highest BCUT2D eigenvalue weighted by Gasteiger charge is 1.97. The Morgan fingerprint density at radius 2 is 1.08 bits per heavy atom. The van der Waals surface area contributed by atoms with Crippen molar-refractivity contribution in [3.63, 3.8) is 0 Å². The Hall–Kier alpha value is -1.58. The lowest BCUT2D eigenvalue weighted by Gasteiger charge is -2.02. The van der Waals surface area contributed by atoms with Crippen LogP contribution in [0.1, 0.15) is 89.9 Å². The van der Waals surface area contributed by atoms with Crippen molar-refractivity contribution >= 4 is 11.9 Å². The summed E-state index contributed by atoms with van der Waals surface area (Å²) in [5.41, 5.74) is 0. The van der Waals surface area contributed by atoms with Crippen molar-refractivity contribution in [3.05, 3.63) is 24.3 Å². The molecular formula is C20H34O4. The zero-order valence-electron chi connectivity index (χ0n) is 14.9. The Morgan fingerprint density at radius 3 is 1.54 bits per heavy atom. The van der Waals surface area contributed by atoms with Crippen molar-refractivity contribution in [2.45, 2.75) is 89.9 Å². The van der Waals surface area contributed by atoms with E-state index in [1.807, 2.05) is 6.08 Å². The molecule has 2 N–H and O–H groups in total. The van der Waals surface area contributed by atoms with Gasteiger partial charge in [0, 0.05) is 12.5 Å². The SMILES string of the molecule is O=C(O)C=CC=CCCCCCCCCCCCCCCC(=O)O. The topological polar surface area (TPSA) is 74.6 Å². The van der Waals surface area contributed by atoms with Gasteiger partial charge in [0.05, 0.1) is 0 Å². The second kappa shape index (κ2) is 17.8. The van der Waals surface area contributed by atoms with Crippen LogP contribution in [0.4, 0.5) is 0 Å². The van der Waals surface area contributed by atoms with Gasteiger partial charge in [-0.3, -0.25) is 4.79 Å². The highest BCUT2D eigenvalue weighted by Crippen LogP contribution is 2.13. The minimum Gasteiger partial charge on any atom is -0.481 e. The number of carbonyl (C=O) groups is 2. The molecule has 0 aliphatic rings. The number of carboxylic acids is 2. The van der Waals surface area contributed by atoms with Gasteiger partial charge in [-0.2, -0.15) is 0 Å². The number of rotatable bonds is 17. The third-order valence-corrected chi connectivity index (χ3v) is 4.00. The highest BCUT2D eigenvalue weighted by atomic mass is 16.4. The van der Waals surface area contributed by atoms with Gasteiger partial charge in [-0.05, 0) is 19.3 Å². The molecule has 0 aliphatic heterocycles. The van der Waals surface area contributed by atoms with E-state index < -0.39 is 11.9 Å². The summed E-state index contributed by atoms with van der Waals surface area (Å²) in [7, 11) is 0. The smallest absolute Gasteiger partial charge is 0.328 e. The molecule has 0 radical (unpaired) electrons. The first-order valence-electron chi connectivity index (χ1n) is 9.41. The normalized spacial score (nSPS) is 11.5. The molecule has 0 unspecified atom stereocenters. The molecule has 0 aliphatic carbocycles. The predicted molar refractivity (Wildman–Crippen MR) is 98.2 cm³/mol. The van der Waals surface area contributed by atoms with E-state index in [1.165, 1.54) is 64.2 Å². The van der Waals surface area contributed by atoms with Gasteiger partial charge in [-0.1, -0.05) is 82.4 Å². The van der Waals surface area contributed by atoms with E-state index in [-0.39, 0.29) is 0 Å². The lowest BCUT2D eigenvalue weighted by atomic mass is 10.0. The summed E-state index contributed by atoms with van der Waals surface area (Å²) in [4.78, 5) is 20.6. The molecule has 0 heterocycles. The minimum absolute atomic E-state index is 0.314. The van der Waals surface area contributed by atoms with Crippen molar-refractivity contribution in [2.24, 2.45) is 0 Å².